The van der Waals surface area contributed by atoms with E-state index in [1.54, 1.807) is 0 Å². The quantitative estimate of drug-likeness (QED) is 0.784. The molecule has 0 bridgehead atoms. The number of hydrogen-bond acceptors (Lipinski definition) is 3. The standard InChI is InChI=1S/C20H19F2NO3/c21-16-6-7-17(18(22)12-16)19(24)23-10-8-15(9-11-23)20(25)26-13-14-4-2-1-3-5-14/h1-7,12,15H,8-11,13H2. The molecule has 1 heterocycles. The van der Waals surface area contributed by atoms with Crippen LogP contribution in [-0.4, -0.2) is 29.9 Å². The minimum absolute atomic E-state index is 0.156. The Labute approximate surface area is 150 Å². The van der Waals surface area contributed by atoms with Crippen molar-refractivity contribution in [1.29, 1.82) is 0 Å². The molecule has 1 aliphatic rings. The highest BCUT2D eigenvalue weighted by atomic mass is 19.1. The molecule has 136 valence electrons. The first-order valence-corrected chi connectivity index (χ1v) is 8.49. The number of piperidine rings is 1. The predicted octanol–water partition coefficient (Wildman–Crippen LogP) is 3.56. The Kier molecular flexibility index (Phi) is 5.61. The van der Waals surface area contributed by atoms with Gasteiger partial charge in [-0.2, -0.15) is 0 Å². The van der Waals surface area contributed by atoms with Crippen molar-refractivity contribution in [3.05, 3.63) is 71.3 Å². The molecule has 26 heavy (non-hydrogen) atoms. The van der Waals surface area contributed by atoms with Gasteiger partial charge >= 0.3 is 5.97 Å². The molecule has 0 spiro atoms. The smallest absolute Gasteiger partial charge is 0.309 e. The van der Waals surface area contributed by atoms with Gasteiger partial charge in [0.2, 0.25) is 0 Å². The van der Waals surface area contributed by atoms with Crippen LogP contribution in [0.5, 0.6) is 0 Å². The molecule has 4 nitrogen and oxygen atoms in total. The third-order valence-corrected chi connectivity index (χ3v) is 4.50. The lowest BCUT2D eigenvalue weighted by Gasteiger charge is -2.31. The fraction of sp³-hybridized carbons (Fsp3) is 0.300. The van der Waals surface area contributed by atoms with Gasteiger partial charge in [0, 0.05) is 19.2 Å². The van der Waals surface area contributed by atoms with Crippen molar-refractivity contribution >= 4 is 11.9 Å². The van der Waals surface area contributed by atoms with Crippen LogP contribution in [0.25, 0.3) is 0 Å². The first-order valence-electron chi connectivity index (χ1n) is 8.49. The van der Waals surface area contributed by atoms with Crippen LogP contribution in [0.15, 0.2) is 48.5 Å². The number of ether oxygens (including phenoxy) is 1. The average molecular weight is 359 g/mol. The van der Waals surface area contributed by atoms with Crippen molar-refractivity contribution in [1.82, 2.24) is 4.90 Å². The number of carbonyl (C=O) groups excluding carboxylic acids is 2. The molecule has 1 saturated heterocycles. The maximum atomic E-state index is 13.8. The van der Waals surface area contributed by atoms with Gasteiger partial charge < -0.3 is 9.64 Å². The molecule has 0 saturated carbocycles. The minimum atomic E-state index is -0.876. The molecule has 1 amide bonds. The van der Waals surface area contributed by atoms with E-state index in [0.29, 0.717) is 32.0 Å². The first kappa shape index (κ1) is 18.0. The van der Waals surface area contributed by atoms with Crippen LogP contribution >= 0.6 is 0 Å². The number of rotatable bonds is 4. The monoisotopic (exact) mass is 359 g/mol. The third kappa shape index (κ3) is 4.25. The van der Waals surface area contributed by atoms with Gasteiger partial charge in [-0.15, -0.1) is 0 Å². The Morgan fingerprint density at radius 2 is 1.73 bits per heavy atom. The zero-order valence-corrected chi connectivity index (χ0v) is 14.2. The molecular formula is C20H19F2NO3. The molecule has 2 aromatic carbocycles. The largest absolute Gasteiger partial charge is 0.461 e. The molecular weight excluding hydrogens is 340 g/mol. The maximum absolute atomic E-state index is 13.8. The van der Waals surface area contributed by atoms with Crippen molar-refractivity contribution in [3.63, 3.8) is 0 Å². The fourth-order valence-corrected chi connectivity index (χ4v) is 3.00. The molecule has 1 fully saturated rings. The Bertz CT molecular complexity index is 787. The van der Waals surface area contributed by atoms with Gasteiger partial charge in [0.05, 0.1) is 11.5 Å². The van der Waals surface area contributed by atoms with E-state index < -0.39 is 17.5 Å². The van der Waals surface area contributed by atoms with Gasteiger partial charge in [0.15, 0.2) is 0 Å². The van der Waals surface area contributed by atoms with Crippen molar-refractivity contribution in [2.24, 2.45) is 5.92 Å². The van der Waals surface area contributed by atoms with Crippen LogP contribution in [0, 0.1) is 17.6 Å². The maximum Gasteiger partial charge on any atom is 0.309 e. The lowest BCUT2D eigenvalue weighted by Crippen LogP contribution is -2.41. The van der Waals surface area contributed by atoms with E-state index in [0.717, 1.165) is 17.7 Å². The second kappa shape index (κ2) is 8.08. The molecule has 6 heteroatoms. The lowest BCUT2D eigenvalue weighted by atomic mass is 9.96. The van der Waals surface area contributed by atoms with Crippen LogP contribution in [0.2, 0.25) is 0 Å². The zero-order valence-electron chi connectivity index (χ0n) is 14.2. The summed E-state index contributed by atoms with van der Waals surface area (Å²) in [6, 6.07) is 12.3. The summed E-state index contributed by atoms with van der Waals surface area (Å²) in [5.74, 6) is -2.65. The second-order valence-electron chi connectivity index (χ2n) is 6.28. The molecule has 2 aromatic rings. The number of likely N-dealkylation sites (tertiary alicyclic amines) is 1. The second-order valence-corrected chi connectivity index (χ2v) is 6.28. The van der Waals surface area contributed by atoms with Gasteiger partial charge in [-0.25, -0.2) is 8.78 Å². The zero-order chi connectivity index (χ0) is 18.5. The van der Waals surface area contributed by atoms with E-state index in [2.05, 4.69) is 0 Å². The van der Waals surface area contributed by atoms with Gasteiger partial charge in [0.1, 0.15) is 18.2 Å². The molecule has 0 unspecified atom stereocenters. The molecule has 0 aliphatic carbocycles. The Morgan fingerprint density at radius 1 is 1.04 bits per heavy atom. The van der Waals surface area contributed by atoms with E-state index >= 15 is 0 Å². The molecule has 0 radical (unpaired) electrons. The van der Waals surface area contributed by atoms with Crippen LogP contribution < -0.4 is 0 Å². The van der Waals surface area contributed by atoms with Gasteiger partial charge in [-0.05, 0) is 30.5 Å². The lowest BCUT2D eigenvalue weighted by molar-refractivity contribution is -0.151. The summed E-state index contributed by atoms with van der Waals surface area (Å²) >= 11 is 0. The minimum Gasteiger partial charge on any atom is -0.461 e. The third-order valence-electron chi connectivity index (χ3n) is 4.50. The Morgan fingerprint density at radius 3 is 2.38 bits per heavy atom. The number of carbonyl (C=O) groups is 2. The first-order chi connectivity index (χ1) is 12.5. The summed E-state index contributed by atoms with van der Waals surface area (Å²) in [5.41, 5.74) is 0.761. The van der Waals surface area contributed by atoms with Crippen molar-refractivity contribution < 1.29 is 23.1 Å². The van der Waals surface area contributed by atoms with Crippen LogP contribution in [0.3, 0.4) is 0 Å². The normalized spacial score (nSPS) is 14.9. The highest BCUT2D eigenvalue weighted by Crippen LogP contribution is 2.22. The van der Waals surface area contributed by atoms with Crippen LogP contribution in [0.1, 0.15) is 28.8 Å². The van der Waals surface area contributed by atoms with E-state index in [1.807, 2.05) is 30.3 Å². The summed E-state index contributed by atoms with van der Waals surface area (Å²) in [4.78, 5) is 26.0. The van der Waals surface area contributed by atoms with E-state index in [9.17, 15) is 18.4 Å². The van der Waals surface area contributed by atoms with Crippen molar-refractivity contribution in [2.45, 2.75) is 19.4 Å². The molecule has 3 rings (SSSR count). The highest BCUT2D eigenvalue weighted by molar-refractivity contribution is 5.94. The fourth-order valence-electron chi connectivity index (χ4n) is 3.00. The molecule has 0 atom stereocenters. The van der Waals surface area contributed by atoms with Crippen LogP contribution in [0.4, 0.5) is 8.78 Å². The molecule has 0 aromatic heterocycles. The molecule has 1 aliphatic heterocycles. The number of hydrogen-bond donors (Lipinski definition) is 0. The summed E-state index contributed by atoms with van der Waals surface area (Å²) in [6.45, 7) is 0.890. The number of benzene rings is 2. The number of nitrogens with zero attached hydrogens (tertiary/aromatic N) is 1. The van der Waals surface area contributed by atoms with Gasteiger partial charge in [0.25, 0.3) is 5.91 Å². The van der Waals surface area contributed by atoms with E-state index in [4.69, 9.17) is 4.74 Å². The Balaban J connectivity index is 1.52. The SMILES string of the molecule is O=C(OCc1ccccc1)C1CCN(C(=O)c2ccc(F)cc2F)CC1. The number of esters is 1. The summed E-state index contributed by atoms with van der Waals surface area (Å²) in [7, 11) is 0. The topological polar surface area (TPSA) is 46.6 Å². The Hall–Kier alpha value is -2.76. The van der Waals surface area contributed by atoms with E-state index in [-0.39, 0.29) is 24.1 Å². The predicted molar refractivity (Wildman–Crippen MR) is 91.2 cm³/mol. The van der Waals surface area contributed by atoms with Gasteiger partial charge in [-0.1, -0.05) is 30.3 Å². The summed E-state index contributed by atoms with van der Waals surface area (Å²) in [5, 5.41) is 0. The van der Waals surface area contributed by atoms with E-state index in [1.165, 1.54) is 4.90 Å². The van der Waals surface area contributed by atoms with Crippen molar-refractivity contribution in [3.8, 4) is 0 Å². The van der Waals surface area contributed by atoms with Crippen LogP contribution in [-0.2, 0) is 16.1 Å². The summed E-state index contributed by atoms with van der Waals surface area (Å²) < 4.78 is 32.1. The average Bonchev–Trinajstić information content (AvgIpc) is 2.66. The molecule has 0 N–H and O–H groups in total. The van der Waals surface area contributed by atoms with Gasteiger partial charge in [-0.3, -0.25) is 9.59 Å². The highest BCUT2D eigenvalue weighted by Gasteiger charge is 2.29. The van der Waals surface area contributed by atoms with Crippen molar-refractivity contribution in [2.75, 3.05) is 13.1 Å². The number of halogens is 2. The number of amides is 1. The summed E-state index contributed by atoms with van der Waals surface area (Å²) in [6.07, 6.45) is 0.921.